The van der Waals surface area contributed by atoms with E-state index in [9.17, 15) is 13.2 Å². The summed E-state index contributed by atoms with van der Waals surface area (Å²) in [7, 11) is -1.53. The minimum Gasteiger partial charge on any atom is -0.366 e. The number of carbonyl (C=O) groups is 1. The SMILES string of the molecule is CN1CCO[C@H](C(=O)N2CCC(NS(=O)(=O)c3ccccc3)CC2)C1. The zero-order valence-electron chi connectivity index (χ0n) is 14.4. The number of nitrogens with one attached hydrogen (secondary N) is 1. The van der Waals surface area contributed by atoms with E-state index in [1.807, 2.05) is 7.05 Å². The summed E-state index contributed by atoms with van der Waals surface area (Å²) in [5.41, 5.74) is 0. The van der Waals surface area contributed by atoms with Gasteiger partial charge in [0.05, 0.1) is 11.5 Å². The van der Waals surface area contributed by atoms with Crippen LogP contribution < -0.4 is 4.72 Å². The fourth-order valence-corrected chi connectivity index (χ4v) is 4.56. The number of sulfonamides is 1. The first-order valence-corrected chi connectivity index (χ1v) is 10.1. The molecule has 0 saturated carbocycles. The van der Waals surface area contributed by atoms with E-state index >= 15 is 0 Å². The van der Waals surface area contributed by atoms with Crippen LogP contribution in [0.5, 0.6) is 0 Å². The van der Waals surface area contributed by atoms with Crippen LogP contribution in [0.2, 0.25) is 0 Å². The Bertz CT molecular complexity index is 687. The van der Waals surface area contributed by atoms with Crippen LogP contribution >= 0.6 is 0 Å². The highest BCUT2D eigenvalue weighted by Crippen LogP contribution is 2.17. The number of nitrogens with zero attached hydrogens (tertiary/aromatic N) is 2. The molecule has 0 aliphatic carbocycles. The van der Waals surface area contributed by atoms with E-state index in [-0.39, 0.29) is 16.8 Å². The Morgan fingerprint density at radius 2 is 1.84 bits per heavy atom. The van der Waals surface area contributed by atoms with Crippen LogP contribution in [0.15, 0.2) is 35.2 Å². The summed E-state index contributed by atoms with van der Waals surface area (Å²) in [5, 5.41) is 0. The van der Waals surface area contributed by atoms with Crippen LogP contribution in [0.25, 0.3) is 0 Å². The summed E-state index contributed by atoms with van der Waals surface area (Å²) < 4.78 is 33.1. The molecule has 1 aromatic rings. The predicted octanol–water partition coefficient (Wildman–Crippen LogP) is 0.287. The summed E-state index contributed by atoms with van der Waals surface area (Å²) in [4.78, 5) is 16.7. The molecule has 7 nitrogen and oxygen atoms in total. The number of carbonyl (C=O) groups excluding carboxylic acids is 1. The Morgan fingerprint density at radius 3 is 2.48 bits per heavy atom. The van der Waals surface area contributed by atoms with Crippen molar-refractivity contribution in [2.75, 3.05) is 39.8 Å². The fourth-order valence-electron chi connectivity index (χ4n) is 3.24. The topological polar surface area (TPSA) is 79.0 Å². The zero-order chi connectivity index (χ0) is 17.9. The van der Waals surface area contributed by atoms with E-state index < -0.39 is 16.1 Å². The second-order valence-electron chi connectivity index (χ2n) is 6.66. The van der Waals surface area contributed by atoms with Gasteiger partial charge in [0, 0.05) is 32.2 Å². The third-order valence-electron chi connectivity index (χ3n) is 4.73. The molecule has 2 saturated heterocycles. The summed E-state index contributed by atoms with van der Waals surface area (Å²) in [6.07, 6.45) is 0.817. The van der Waals surface area contributed by atoms with Gasteiger partial charge in [-0.3, -0.25) is 4.79 Å². The predicted molar refractivity (Wildman–Crippen MR) is 93.6 cm³/mol. The molecule has 1 N–H and O–H groups in total. The molecule has 0 bridgehead atoms. The highest BCUT2D eigenvalue weighted by molar-refractivity contribution is 7.89. The van der Waals surface area contributed by atoms with Crippen LogP contribution in [-0.4, -0.2) is 76.1 Å². The molecule has 0 spiro atoms. The molecule has 2 fully saturated rings. The molecule has 1 aromatic carbocycles. The second kappa shape index (κ2) is 7.82. The van der Waals surface area contributed by atoms with Crippen LogP contribution in [0.3, 0.4) is 0 Å². The van der Waals surface area contributed by atoms with E-state index in [0.29, 0.717) is 39.1 Å². The van der Waals surface area contributed by atoms with Crippen LogP contribution in [0, 0.1) is 0 Å². The van der Waals surface area contributed by atoms with E-state index in [1.165, 1.54) is 0 Å². The van der Waals surface area contributed by atoms with Crippen molar-refractivity contribution in [3.63, 3.8) is 0 Å². The molecule has 1 amide bonds. The lowest BCUT2D eigenvalue weighted by Gasteiger charge is -2.36. The zero-order valence-corrected chi connectivity index (χ0v) is 15.2. The summed E-state index contributed by atoms with van der Waals surface area (Å²) in [6.45, 7) is 3.11. The van der Waals surface area contributed by atoms with Crippen LogP contribution in [-0.2, 0) is 19.6 Å². The van der Waals surface area contributed by atoms with Gasteiger partial charge in [-0.05, 0) is 32.0 Å². The molecule has 2 heterocycles. The Labute approximate surface area is 149 Å². The Hall–Kier alpha value is -1.48. The van der Waals surface area contributed by atoms with Gasteiger partial charge in [0.15, 0.2) is 0 Å². The largest absolute Gasteiger partial charge is 0.366 e. The third-order valence-corrected chi connectivity index (χ3v) is 6.26. The van der Waals surface area contributed by atoms with Crippen molar-refractivity contribution in [3.8, 4) is 0 Å². The van der Waals surface area contributed by atoms with Gasteiger partial charge in [0.2, 0.25) is 10.0 Å². The lowest BCUT2D eigenvalue weighted by atomic mass is 10.1. The molecular weight excluding hydrogens is 342 g/mol. The first-order chi connectivity index (χ1) is 12.0. The molecule has 138 valence electrons. The van der Waals surface area contributed by atoms with Gasteiger partial charge < -0.3 is 14.5 Å². The monoisotopic (exact) mass is 367 g/mol. The third kappa shape index (κ3) is 4.58. The van der Waals surface area contributed by atoms with Crippen molar-refractivity contribution >= 4 is 15.9 Å². The van der Waals surface area contributed by atoms with Crippen molar-refractivity contribution in [2.24, 2.45) is 0 Å². The maximum absolute atomic E-state index is 12.5. The minimum atomic E-state index is -3.51. The standard InChI is InChI=1S/C17H25N3O4S/c1-19-11-12-24-16(13-19)17(21)20-9-7-14(8-10-20)18-25(22,23)15-5-3-2-4-6-15/h2-6,14,16,18H,7-13H2,1H3/t16-/m0/s1. The molecule has 0 radical (unpaired) electrons. The second-order valence-corrected chi connectivity index (χ2v) is 8.37. The van der Waals surface area contributed by atoms with Crippen LogP contribution in [0.1, 0.15) is 12.8 Å². The number of likely N-dealkylation sites (N-methyl/N-ethyl adjacent to an activating group) is 1. The molecule has 2 aliphatic heterocycles. The van der Waals surface area contributed by atoms with Gasteiger partial charge in [0.1, 0.15) is 6.10 Å². The van der Waals surface area contributed by atoms with E-state index in [0.717, 1.165) is 6.54 Å². The number of rotatable bonds is 4. The number of hydrogen-bond donors (Lipinski definition) is 1. The Balaban J connectivity index is 1.53. The average Bonchev–Trinajstić information content (AvgIpc) is 2.62. The number of hydrogen-bond acceptors (Lipinski definition) is 5. The van der Waals surface area contributed by atoms with E-state index in [2.05, 4.69) is 9.62 Å². The highest BCUT2D eigenvalue weighted by atomic mass is 32.2. The number of morpholine rings is 1. The first kappa shape index (κ1) is 18.3. The number of benzene rings is 1. The van der Waals surface area contributed by atoms with Gasteiger partial charge in [-0.1, -0.05) is 18.2 Å². The van der Waals surface area contributed by atoms with Crippen molar-refractivity contribution in [1.29, 1.82) is 0 Å². The van der Waals surface area contributed by atoms with E-state index in [1.54, 1.807) is 35.2 Å². The summed E-state index contributed by atoms with van der Waals surface area (Å²) in [6, 6.07) is 8.21. The van der Waals surface area contributed by atoms with Crippen LogP contribution in [0.4, 0.5) is 0 Å². The van der Waals surface area contributed by atoms with Gasteiger partial charge in [-0.15, -0.1) is 0 Å². The number of piperidine rings is 1. The van der Waals surface area contributed by atoms with Gasteiger partial charge in [-0.2, -0.15) is 0 Å². The quantitative estimate of drug-likeness (QED) is 0.827. The smallest absolute Gasteiger partial charge is 0.253 e. The number of ether oxygens (including phenoxy) is 1. The molecule has 3 rings (SSSR count). The molecule has 8 heteroatoms. The average molecular weight is 367 g/mol. The van der Waals surface area contributed by atoms with Gasteiger partial charge in [0.25, 0.3) is 5.91 Å². The normalized spacial score (nSPS) is 23.6. The maximum atomic E-state index is 12.5. The van der Waals surface area contributed by atoms with E-state index in [4.69, 9.17) is 4.74 Å². The highest BCUT2D eigenvalue weighted by Gasteiger charge is 2.32. The summed E-state index contributed by atoms with van der Waals surface area (Å²) in [5.74, 6) is 0.0101. The maximum Gasteiger partial charge on any atom is 0.253 e. The molecule has 1 atom stereocenters. The van der Waals surface area contributed by atoms with Gasteiger partial charge in [-0.25, -0.2) is 13.1 Å². The molecule has 25 heavy (non-hydrogen) atoms. The molecule has 2 aliphatic rings. The Morgan fingerprint density at radius 1 is 1.16 bits per heavy atom. The summed E-state index contributed by atoms with van der Waals surface area (Å²) >= 11 is 0. The molecular formula is C17H25N3O4S. The van der Waals surface area contributed by atoms with Crippen molar-refractivity contribution in [3.05, 3.63) is 30.3 Å². The lowest BCUT2D eigenvalue weighted by Crippen LogP contribution is -2.53. The number of amides is 1. The fraction of sp³-hybridized carbons (Fsp3) is 0.588. The van der Waals surface area contributed by atoms with Crippen molar-refractivity contribution < 1.29 is 17.9 Å². The lowest BCUT2D eigenvalue weighted by molar-refractivity contribution is -0.149. The number of likely N-dealkylation sites (tertiary alicyclic amines) is 1. The van der Waals surface area contributed by atoms with Crippen molar-refractivity contribution in [1.82, 2.24) is 14.5 Å². The minimum absolute atomic E-state index is 0.0101. The Kier molecular flexibility index (Phi) is 5.73. The van der Waals surface area contributed by atoms with Gasteiger partial charge >= 0.3 is 0 Å². The van der Waals surface area contributed by atoms with Crippen molar-refractivity contribution in [2.45, 2.75) is 29.9 Å². The molecule has 0 unspecified atom stereocenters. The first-order valence-electron chi connectivity index (χ1n) is 8.62. The molecule has 0 aromatic heterocycles.